The Morgan fingerprint density at radius 3 is 2.89 bits per heavy atom. The quantitative estimate of drug-likeness (QED) is 0.859. The number of likely N-dealkylation sites (tertiary alicyclic amines) is 1. The van der Waals surface area contributed by atoms with E-state index in [0.29, 0.717) is 11.6 Å². The van der Waals surface area contributed by atoms with E-state index in [2.05, 4.69) is 27.6 Å². The van der Waals surface area contributed by atoms with Crippen LogP contribution >= 0.6 is 0 Å². The molecule has 1 fully saturated rings. The molecular formula is C14H22N4O. The van der Waals surface area contributed by atoms with Crippen LogP contribution in [0.1, 0.15) is 30.1 Å². The molecule has 0 radical (unpaired) electrons. The van der Waals surface area contributed by atoms with Crippen LogP contribution in [0.25, 0.3) is 0 Å². The van der Waals surface area contributed by atoms with Crippen LogP contribution in [0.4, 0.5) is 5.82 Å². The van der Waals surface area contributed by atoms with E-state index >= 15 is 0 Å². The SMILES string of the molecule is CCNc1cc(C(=O)NC2CCN(C)CC2)ccn1. The zero-order valence-electron chi connectivity index (χ0n) is 11.6. The van der Waals surface area contributed by atoms with Gasteiger partial charge in [0, 0.05) is 24.3 Å². The van der Waals surface area contributed by atoms with E-state index in [-0.39, 0.29) is 5.91 Å². The molecular weight excluding hydrogens is 240 g/mol. The number of carbonyl (C=O) groups excluding carboxylic acids is 1. The van der Waals surface area contributed by atoms with Gasteiger partial charge in [-0.2, -0.15) is 0 Å². The van der Waals surface area contributed by atoms with Crippen molar-refractivity contribution in [3.05, 3.63) is 23.9 Å². The number of hydrogen-bond acceptors (Lipinski definition) is 4. The van der Waals surface area contributed by atoms with Gasteiger partial charge in [0.1, 0.15) is 5.82 Å². The second kappa shape index (κ2) is 6.52. The molecule has 0 aliphatic carbocycles. The minimum atomic E-state index is -0.00361. The van der Waals surface area contributed by atoms with Gasteiger partial charge in [0.2, 0.25) is 0 Å². The summed E-state index contributed by atoms with van der Waals surface area (Å²) in [5.74, 6) is 0.745. The van der Waals surface area contributed by atoms with Gasteiger partial charge in [-0.15, -0.1) is 0 Å². The predicted octanol–water partition coefficient (Wildman–Crippen LogP) is 1.34. The van der Waals surface area contributed by atoms with Crippen LogP contribution in [-0.4, -0.2) is 48.5 Å². The second-order valence-electron chi connectivity index (χ2n) is 5.01. The molecule has 2 rings (SSSR count). The third kappa shape index (κ3) is 3.92. The zero-order valence-corrected chi connectivity index (χ0v) is 11.6. The minimum absolute atomic E-state index is 0.00361. The summed E-state index contributed by atoms with van der Waals surface area (Å²) < 4.78 is 0. The van der Waals surface area contributed by atoms with E-state index in [1.165, 1.54) is 0 Å². The third-order valence-corrected chi connectivity index (χ3v) is 3.43. The summed E-state index contributed by atoms with van der Waals surface area (Å²) in [5, 5.41) is 6.22. The van der Waals surface area contributed by atoms with Gasteiger partial charge >= 0.3 is 0 Å². The van der Waals surface area contributed by atoms with Crippen LogP contribution in [0, 0.1) is 0 Å². The standard InChI is InChI=1S/C14H22N4O/c1-3-15-13-10-11(4-7-16-13)14(19)17-12-5-8-18(2)9-6-12/h4,7,10,12H,3,5-6,8-9H2,1-2H3,(H,15,16)(H,17,19). The molecule has 1 saturated heterocycles. The number of amides is 1. The molecule has 5 nitrogen and oxygen atoms in total. The van der Waals surface area contributed by atoms with E-state index in [1.54, 1.807) is 18.3 Å². The van der Waals surface area contributed by atoms with Crippen LogP contribution < -0.4 is 10.6 Å². The highest BCUT2D eigenvalue weighted by Gasteiger charge is 2.19. The monoisotopic (exact) mass is 262 g/mol. The fourth-order valence-electron chi connectivity index (χ4n) is 2.27. The van der Waals surface area contributed by atoms with Crippen molar-refractivity contribution in [1.82, 2.24) is 15.2 Å². The lowest BCUT2D eigenvalue weighted by Gasteiger charge is -2.29. The number of nitrogens with one attached hydrogen (secondary N) is 2. The number of aromatic nitrogens is 1. The average Bonchev–Trinajstić information content (AvgIpc) is 2.42. The molecule has 1 amide bonds. The normalized spacial score (nSPS) is 17.2. The maximum Gasteiger partial charge on any atom is 0.251 e. The van der Waals surface area contributed by atoms with Crippen LogP contribution in [-0.2, 0) is 0 Å². The van der Waals surface area contributed by atoms with Gasteiger partial charge in [-0.05, 0) is 52.0 Å². The van der Waals surface area contributed by atoms with Crippen molar-refractivity contribution in [3.63, 3.8) is 0 Å². The van der Waals surface area contributed by atoms with Gasteiger partial charge in [0.05, 0.1) is 0 Å². The first-order chi connectivity index (χ1) is 9.19. The Morgan fingerprint density at radius 2 is 2.21 bits per heavy atom. The van der Waals surface area contributed by atoms with Crippen molar-refractivity contribution < 1.29 is 4.79 Å². The van der Waals surface area contributed by atoms with E-state index in [0.717, 1.165) is 38.3 Å². The molecule has 0 atom stereocenters. The number of rotatable bonds is 4. The third-order valence-electron chi connectivity index (χ3n) is 3.43. The number of hydrogen-bond donors (Lipinski definition) is 2. The molecule has 0 aromatic carbocycles. The van der Waals surface area contributed by atoms with Crippen LogP contribution in [0.3, 0.4) is 0 Å². The molecule has 2 heterocycles. The second-order valence-corrected chi connectivity index (χ2v) is 5.01. The number of pyridine rings is 1. The fraction of sp³-hybridized carbons (Fsp3) is 0.571. The molecule has 104 valence electrons. The van der Waals surface area contributed by atoms with E-state index in [4.69, 9.17) is 0 Å². The zero-order chi connectivity index (χ0) is 13.7. The van der Waals surface area contributed by atoms with Gasteiger partial charge in [-0.1, -0.05) is 0 Å². The highest BCUT2D eigenvalue weighted by atomic mass is 16.1. The first-order valence-corrected chi connectivity index (χ1v) is 6.88. The molecule has 2 N–H and O–H groups in total. The first-order valence-electron chi connectivity index (χ1n) is 6.88. The summed E-state index contributed by atoms with van der Waals surface area (Å²) in [5.41, 5.74) is 0.671. The van der Waals surface area contributed by atoms with Crippen molar-refractivity contribution >= 4 is 11.7 Å². The maximum absolute atomic E-state index is 12.2. The lowest BCUT2D eigenvalue weighted by atomic mass is 10.1. The minimum Gasteiger partial charge on any atom is -0.370 e. The molecule has 1 aliphatic rings. The van der Waals surface area contributed by atoms with Gasteiger partial charge in [0.15, 0.2) is 0 Å². The van der Waals surface area contributed by atoms with Crippen molar-refractivity contribution in [2.24, 2.45) is 0 Å². The Balaban J connectivity index is 1.94. The summed E-state index contributed by atoms with van der Waals surface area (Å²) in [4.78, 5) is 18.6. The summed E-state index contributed by atoms with van der Waals surface area (Å²) in [7, 11) is 2.11. The molecule has 0 spiro atoms. The largest absolute Gasteiger partial charge is 0.370 e. The summed E-state index contributed by atoms with van der Waals surface area (Å²) in [6.07, 6.45) is 3.71. The van der Waals surface area contributed by atoms with E-state index in [9.17, 15) is 4.79 Å². The van der Waals surface area contributed by atoms with E-state index < -0.39 is 0 Å². The molecule has 5 heteroatoms. The highest BCUT2D eigenvalue weighted by Crippen LogP contribution is 2.11. The molecule has 0 unspecified atom stereocenters. The Morgan fingerprint density at radius 1 is 1.47 bits per heavy atom. The van der Waals surface area contributed by atoms with Gasteiger partial charge < -0.3 is 15.5 Å². The molecule has 1 aromatic heterocycles. The molecule has 19 heavy (non-hydrogen) atoms. The molecule has 0 saturated carbocycles. The molecule has 1 aliphatic heterocycles. The van der Waals surface area contributed by atoms with Crippen LogP contribution in [0.15, 0.2) is 18.3 Å². The highest BCUT2D eigenvalue weighted by molar-refractivity contribution is 5.95. The number of carbonyl (C=O) groups is 1. The van der Waals surface area contributed by atoms with Crippen molar-refractivity contribution in [2.75, 3.05) is 32.0 Å². The Labute approximate surface area is 114 Å². The smallest absolute Gasteiger partial charge is 0.251 e. The number of anilines is 1. The predicted molar refractivity (Wildman–Crippen MR) is 76.4 cm³/mol. The lowest BCUT2D eigenvalue weighted by Crippen LogP contribution is -2.43. The Hall–Kier alpha value is -1.62. The topological polar surface area (TPSA) is 57.3 Å². The molecule has 0 bridgehead atoms. The van der Waals surface area contributed by atoms with Gasteiger partial charge in [0.25, 0.3) is 5.91 Å². The Bertz CT molecular complexity index is 427. The van der Waals surface area contributed by atoms with Crippen LogP contribution in [0.2, 0.25) is 0 Å². The van der Waals surface area contributed by atoms with Gasteiger partial charge in [-0.3, -0.25) is 4.79 Å². The Kier molecular flexibility index (Phi) is 4.74. The average molecular weight is 262 g/mol. The fourth-order valence-corrected chi connectivity index (χ4v) is 2.27. The van der Waals surface area contributed by atoms with Crippen molar-refractivity contribution in [3.8, 4) is 0 Å². The van der Waals surface area contributed by atoms with Crippen molar-refractivity contribution in [1.29, 1.82) is 0 Å². The van der Waals surface area contributed by atoms with Crippen LogP contribution in [0.5, 0.6) is 0 Å². The number of piperidine rings is 1. The first kappa shape index (κ1) is 13.8. The summed E-state index contributed by atoms with van der Waals surface area (Å²) in [6, 6.07) is 3.85. The van der Waals surface area contributed by atoms with Crippen molar-refractivity contribution in [2.45, 2.75) is 25.8 Å². The lowest BCUT2D eigenvalue weighted by molar-refractivity contribution is 0.0917. The maximum atomic E-state index is 12.2. The molecule has 1 aromatic rings. The number of nitrogens with zero attached hydrogens (tertiary/aromatic N) is 2. The van der Waals surface area contributed by atoms with E-state index in [1.807, 2.05) is 6.92 Å². The summed E-state index contributed by atoms with van der Waals surface area (Å²) in [6.45, 7) is 4.90. The summed E-state index contributed by atoms with van der Waals surface area (Å²) >= 11 is 0. The van der Waals surface area contributed by atoms with Gasteiger partial charge in [-0.25, -0.2) is 4.98 Å².